The lowest BCUT2D eigenvalue weighted by Crippen LogP contribution is -2.54. The van der Waals surface area contributed by atoms with E-state index in [0.29, 0.717) is 13.0 Å². The van der Waals surface area contributed by atoms with Gasteiger partial charge in [0, 0.05) is 12.2 Å². The Balaban J connectivity index is 2.34. The van der Waals surface area contributed by atoms with Crippen molar-refractivity contribution < 1.29 is 14.7 Å². The Labute approximate surface area is 124 Å². The van der Waals surface area contributed by atoms with E-state index in [2.05, 4.69) is 0 Å². The third kappa shape index (κ3) is 3.08. The lowest BCUT2D eigenvalue weighted by molar-refractivity contribution is -0.123. The van der Waals surface area contributed by atoms with Crippen LogP contribution in [0.1, 0.15) is 49.0 Å². The largest absolute Gasteiger partial charge is 0.478 e. The highest BCUT2D eigenvalue weighted by Crippen LogP contribution is 2.30. The number of carbonyl (C=O) groups excluding carboxylic acids is 1. The second kappa shape index (κ2) is 5.85. The van der Waals surface area contributed by atoms with Crippen molar-refractivity contribution in [2.45, 2.75) is 45.1 Å². The maximum absolute atomic E-state index is 12.7. The Morgan fingerprint density at radius 3 is 2.76 bits per heavy atom. The predicted octanol–water partition coefficient (Wildman–Crippen LogP) is 2.18. The van der Waals surface area contributed by atoms with Crippen molar-refractivity contribution in [3.63, 3.8) is 0 Å². The minimum atomic E-state index is -0.948. The van der Waals surface area contributed by atoms with Gasteiger partial charge in [0.05, 0.1) is 11.1 Å². The van der Waals surface area contributed by atoms with Crippen molar-refractivity contribution in [1.82, 2.24) is 0 Å². The van der Waals surface area contributed by atoms with Gasteiger partial charge < -0.3 is 15.7 Å². The first-order valence-corrected chi connectivity index (χ1v) is 7.34. The van der Waals surface area contributed by atoms with E-state index in [1.165, 1.54) is 0 Å². The first-order chi connectivity index (χ1) is 9.86. The molecule has 0 radical (unpaired) electrons. The average molecular weight is 290 g/mol. The van der Waals surface area contributed by atoms with Gasteiger partial charge in [-0.25, -0.2) is 4.79 Å². The summed E-state index contributed by atoms with van der Waals surface area (Å²) in [5, 5.41) is 9.06. The van der Waals surface area contributed by atoms with E-state index in [0.717, 1.165) is 30.5 Å². The molecule has 0 aliphatic carbocycles. The predicted molar refractivity (Wildman–Crippen MR) is 81.6 cm³/mol. The summed E-state index contributed by atoms with van der Waals surface area (Å²) in [5.74, 6) is -1.04. The normalized spacial score (nSPS) is 17.0. The summed E-state index contributed by atoms with van der Waals surface area (Å²) >= 11 is 0. The summed E-state index contributed by atoms with van der Waals surface area (Å²) in [6.07, 6.45) is 3.08. The molecule has 0 saturated heterocycles. The molecule has 1 aliphatic rings. The number of amides is 1. The average Bonchev–Trinajstić information content (AvgIpc) is 2.45. The molecule has 5 heteroatoms. The summed E-state index contributed by atoms with van der Waals surface area (Å²) in [4.78, 5) is 25.4. The van der Waals surface area contributed by atoms with Gasteiger partial charge in [0.25, 0.3) is 0 Å². The Kier molecular flexibility index (Phi) is 4.32. The fourth-order valence-corrected chi connectivity index (χ4v) is 2.88. The molecule has 1 heterocycles. The molecule has 3 N–H and O–H groups in total. The van der Waals surface area contributed by atoms with Gasteiger partial charge in [-0.1, -0.05) is 13.3 Å². The van der Waals surface area contributed by atoms with E-state index in [9.17, 15) is 9.59 Å². The SMILES string of the molecule is CCCC(C)(N)C(=O)N1CCCc2cc(C(=O)O)ccc21. The third-order valence-electron chi connectivity index (χ3n) is 3.95. The number of carboxylic acid groups (broad SMARTS) is 1. The van der Waals surface area contributed by atoms with Crippen LogP contribution < -0.4 is 10.6 Å². The number of fused-ring (bicyclic) bond motifs is 1. The molecule has 1 amide bonds. The molecule has 0 spiro atoms. The molecule has 1 aliphatic heterocycles. The summed E-state index contributed by atoms with van der Waals surface area (Å²) < 4.78 is 0. The van der Waals surface area contributed by atoms with Gasteiger partial charge in [0.15, 0.2) is 0 Å². The minimum absolute atomic E-state index is 0.0895. The lowest BCUT2D eigenvalue weighted by atomic mass is 9.92. The summed E-state index contributed by atoms with van der Waals surface area (Å²) in [6, 6.07) is 4.92. The standard InChI is InChI=1S/C16H22N2O3/c1-3-8-16(2,17)15(21)18-9-4-5-11-10-12(14(19)20)6-7-13(11)18/h6-7,10H,3-5,8-9,17H2,1-2H3,(H,19,20). The molecule has 0 aromatic heterocycles. The summed E-state index contributed by atoms with van der Waals surface area (Å²) in [6.45, 7) is 4.40. The first kappa shape index (κ1) is 15.5. The maximum Gasteiger partial charge on any atom is 0.335 e. The Hall–Kier alpha value is -1.88. The van der Waals surface area contributed by atoms with Crippen LogP contribution >= 0.6 is 0 Å². The van der Waals surface area contributed by atoms with Crippen LogP contribution in [-0.4, -0.2) is 29.1 Å². The van der Waals surface area contributed by atoms with Gasteiger partial charge in [-0.05, 0) is 49.9 Å². The second-order valence-corrected chi connectivity index (χ2v) is 5.88. The van der Waals surface area contributed by atoms with Crippen LogP contribution in [0.2, 0.25) is 0 Å². The zero-order valence-electron chi connectivity index (χ0n) is 12.6. The highest BCUT2D eigenvalue weighted by Gasteiger charge is 2.34. The molecule has 1 atom stereocenters. The fourth-order valence-electron chi connectivity index (χ4n) is 2.88. The molecule has 114 valence electrons. The number of nitrogens with two attached hydrogens (primary N) is 1. The van der Waals surface area contributed by atoms with Gasteiger partial charge in [-0.3, -0.25) is 4.79 Å². The molecule has 2 rings (SSSR count). The number of aromatic carboxylic acids is 1. The van der Waals surface area contributed by atoms with E-state index in [1.807, 2.05) is 6.92 Å². The second-order valence-electron chi connectivity index (χ2n) is 5.88. The number of carbonyl (C=O) groups is 2. The number of hydrogen-bond donors (Lipinski definition) is 2. The molecule has 0 saturated carbocycles. The molecule has 1 aromatic carbocycles. The maximum atomic E-state index is 12.7. The van der Waals surface area contributed by atoms with Gasteiger partial charge in [0.1, 0.15) is 0 Å². The number of carboxylic acids is 1. The van der Waals surface area contributed by atoms with Crippen molar-refractivity contribution in [1.29, 1.82) is 0 Å². The monoisotopic (exact) mass is 290 g/mol. The highest BCUT2D eigenvalue weighted by atomic mass is 16.4. The Bertz CT molecular complexity index is 567. The van der Waals surface area contributed by atoms with Gasteiger partial charge in [-0.15, -0.1) is 0 Å². The summed E-state index contributed by atoms with van der Waals surface area (Å²) in [5.41, 5.74) is 7.23. The molecular formula is C16H22N2O3. The third-order valence-corrected chi connectivity index (χ3v) is 3.95. The molecule has 0 bridgehead atoms. The summed E-state index contributed by atoms with van der Waals surface area (Å²) in [7, 11) is 0. The number of nitrogens with zero attached hydrogens (tertiary/aromatic N) is 1. The molecular weight excluding hydrogens is 268 g/mol. The highest BCUT2D eigenvalue weighted by molar-refractivity contribution is 6.01. The molecule has 21 heavy (non-hydrogen) atoms. The van der Waals surface area contributed by atoms with E-state index in [1.54, 1.807) is 30.0 Å². The zero-order valence-corrected chi connectivity index (χ0v) is 12.6. The van der Waals surface area contributed by atoms with Crippen LogP contribution in [0.5, 0.6) is 0 Å². The van der Waals surface area contributed by atoms with Crippen molar-refractivity contribution in [2.24, 2.45) is 5.73 Å². The number of benzene rings is 1. The van der Waals surface area contributed by atoms with Gasteiger partial charge in [0.2, 0.25) is 5.91 Å². The van der Waals surface area contributed by atoms with Crippen LogP contribution in [0.4, 0.5) is 5.69 Å². The van der Waals surface area contributed by atoms with Crippen LogP contribution in [0.3, 0.4) is 0 Å². The Morgan fingerprint density at radius 2 is 2.14 bits per heavy atom. The van der Waals surface area contributed by atoms with Crippen LogP contribution in [0.25, 0.3) is 0 Å². The first-order valence-electron chi connectivity index (χ1n) is 7.34. The molecule has 1 unspecified atom stereocenters. The number of rotatable bonds is 4. The van der Waals surface area contributed by atoms with Crippen LogP contribution in [-0.2, 0) is 11.2 Å². The number of hydrogen-bond acceptors (Lipinski definition) is 3. The van der Waals surface area contributed by atoms with Gasteiger partial charge >= 0.3 is 5.97 Å². The molecule has 5 nitrogen and oxygen atoms in total. The molecule has 0 fully saturated rings. The lowest BCUT2D eigenvalue weighted by Gasteiger charge is -2.35. The number of aryl methyl sites for hydroxylation is 1. The van der Waals surface area contributed by atoms with E-state index in [4.69, 9.17) is 10.8 Å². The fraction of sp³-hybridized carbons (Fsp3) is 0.500. The quantitative estimate of drug-likeness (QED) is 0.890. The van der Waals surface area contributed by atoms with E-state index in [-0.39, 0.29) is 11.5 Å². The van der Waals surface area contributed by atoms with Crippen molar-refractivity contribution in [3.05, 3.63) is 29.3 Å². The number of anilines is 1. The van der Waals surface area contributed by atoms with Gasteiger partial charge in [-0.2, -0.15) is 0 Å². The van der Waals surface area contributed by atoms with Crippen molar-refractivity contribution in [2.75, 3.05) is 11.4 Å². The smallest absolute Gasteiger partial charge is 0.335 e. The topological polar surface area (TPSA) is 83.6 Å². The van der Waals surface area contributed by atoms with Crippen molar-refractivity contribution in [3.8, 4) is 0 Å². The van der Waals surface area contributed by atoms with E-state index < -0.39 is 11.5 Å². The van der Waals surface area contributed by atoms with Crippen LogP contribution in [0, 0.1) is 0 Å². The molecule has 1 aromatic rings. The minimum Gasteiger partial charge on any atom is -0.478 e. The zero-order chi connectivity index (χ0) is 15.6. The Morgan fingerprint density at radius 1 is 1.43 bits per heavy atom. The van der Waals surface area contributed by atoms with E-state index >= 15 is 0 Å². The van der Waals surface area contributed by atoms with Crippen molar-refractivity contribution >= 4 is 17.6 Å². The van der Waals surface area contributed by atoms with Crippen LogP contribution in [0.15, 0.2) is 18.2 Å².